The Hall–Kier alpha value is -1.81. The van der Waals surface area contributed by atoms with Gasteiger partial charge in [-0.15, -0.1) is 0 Å². The van der Waals surface area contributed by atoms with Gasteiger partial charge in [-0.25, -0.2) is 8.78 Å². The highest BCUT2D eigenvalue weighted by atomic mass is 19.1. The molecule has 2 nitrogen and oxygen atoms in total. The van der Waals surface area contributed by atoms with Crippen molar-refractivity contribution in [2.75, 3.05) is 0 Å². The molecule has 0 radical (unpaired) electrons. The molecule has 0 aliphatic carbocycles. The third-order valence-corrected chi connectivity index (χ3v) is 2.83. The lowest BCUT2D eigenvalue weighted by atomic mass is 10.00. The van der Waals surface area contributed by atoms with Gasteiger partial charge < -0.3 is 5.11 Å². The Morgan fingerprint density at radius 3 is 2.78 bits per heavy atom. The maximum Gasteiger partial charge on any atom is 0.126 e. The zero-order valence-corrected chi connectivity index (χ0v) is 9.90. The van der Waals surface area contributed by atoms with E-state index in [2.05, 4.69) is 4.98 Å². The van der Waals surface area contributed by atoms with E-state index in [1.807, 2.05) is 0 Å². The third kappa shape index (κ3) is 2.71. The number of aliphatic hydroxyl groups excluding tert-OH is 1. The van der Waals surface area contributed by atoms with Gasteiger partial charge in [0.1, 0.15) is 11.6 Å². The number of benzene rings is 1. The molecule has 0 saturated heterocycles. The van der Waals surface area contributed by atoms with Crippen LogP contribution in [0.25, 0.3) is 0 Å². The highest BCUT2D eigenvalue weighted by molar-refractivity contribution is 5.25. The predicted octanol–water partition coefficient (Wildman–Crippen LogP) is 2.94. The van der Waals surface area contributed by atoms with Gasteiger partial charge in [0.15, 0.2) is 0 Å². The average Bonchev–Trinajstić information content (AvgIpc) is 2.34. The first-order chi connectivity index (χ1) is 8.58. The summed E-state index contributed by atoms with van der Waals surface area (Å²) in [6, 6.07) is 6.65. The summed E-state index contributed by atoms with van der Waals surface area (Å²) in [4.78, 5) is 4.05. The first-order valence-electron chi connectivity index (χ1n) is 5.61. The Kier molecular flexibility index (Phi) is 3.67. The standard InChI is InChI=1S/C14H13F2NO/c1-9-12(3-2-6-17-9)14(18)8-10-7-11(15)4-5-13(10)16/h2-7,14,18H,8H2,1H3. The van der Waals surface area contributed by atoms with Crippen molar-refractivity contribution in [1.29, 1.82) is 0 Å². The van der Waals surface area contributed by atoms with Gasteiger partial charge in [0.25, 0.3) is 0 Å². The zero-order chi connectivity index (χ0) is 13.1. The van der Waals surface area contributed by atoms with E-state index in [1.165, 1.54) is 0 Å². The van der Waals surface area contributed by atoms with Gasteiger partial charge in [-0.2, -0.15) is 0 Å². The second-order valence-electron chi connectivity index (χ2n) is 4.13. The van der Waals surface area contributed by atoms with Crippen LogP contribution in [-0.2, 0) is 6.42 Å². The number of aliphatic hydroxyl groups is 1. The molecule has 4 heteroatoms. The van der Waals surface area contributed by atoms with Gasteiger partial charge in [0.2, 0.25) is 0 Å². The van der Waals surface area contributed by atoms with E-state index in [9.17, 15) is 13.9 Å². The average molecular weight is 249 g/mol. The van der Waals surface area contributed by atoms with E-state index < -0.39 is 17.7 Å². The third-order valence-electron chi connectivity index (χ3n) is 2.83. The normalized spacial score (nSPS) is 12.4. The van der Waals surface area contributed by atoms with E-state index >= 15 is 0 Å². The summed E-state index contributed by atoms with van der Waals surface area (Å²) in [7, 11) is 0. The largest absolute Gasteiger partial charge is 0.388 e. The maximum absolute atomic E-state index is 13.5. The maximum atomic E-state index is 13.5. The molecule has 1 N–H and O–H groups in total. The molecule has 94 valence electrons. The SMILES string of the molecule is Cc1ncccc1C(O)Cc1cc(F)ccc1F. The Labute approximate surface area is 104 Å². The molecular formula is C14H13F2NO. The van der Waals surface area contributed by atoms with Crippen LogP contribution in [0.2, 0.25) is 0 Å². The molecule has 0 amide bonds. The van der Waals surface area contributed by atoms with Crippen LogP contribution in [0.15, 0.2) is 36.5 Å². The Morgan fingerprint density at radius 2 is 2.06 bits per heavy atom. The number of hydrogen-bond donors (Lipinski definition) is 1. The van der Waals surface area contributed by atoms with Crippen molar-refractivity contribution in [3.8, 4) is 0 Å². The highest BCUT2D eigenvalue weighted by Crippen LogP contribution is 2.22. The Balaban J connectivity index is 2.24. The number of halogens is 2. The predicted molar refractivity (Wildman–Crippen MR) is 64.0 cm³/mol. The van der Waals surface area contributed by atoms with Crippen LogP contribution in [0.5, 0.6) is 0 Å². The van der Waals surface area contributed by atoms with E-state index in [0.29, 0.717) is 11.3 Å². The molecule has 1 aromatic heterocycles. The molecule has 0 fully saturated rings. The van der Waals surface area contributed by atoms with E-state index in [4.69, 9.17) is 0 Å². The van der Waals surface area contributed by atoms with Crippen LogP contribution in [0.3, 0.4) is 0 Å². The van der Waals surface area contributed by atoms with Crippen molar-refractivity contribution in [3.63, 3.8) is 0 Å². The lowest BCUT2D eigenvalue weighted by Gasteiger charge is -2.13. The van der Waals surface area contributed by atoms with Crippen LogP contribution in [-0.4, -0.2) is 10.1 Å². The van der Waals surface area contributed by atoms with Crippen LogP contribution in [0, 0.1) is 18.6 Å². The zero-order valence-electron chi connectivity index (χ0n) is 9.90. The molecule has 0 saturated carbocycles. The van der Waals surface area contributed by atoms with Crippen LogP contribution in [0.4, 0.5) is 8.78 Å². The summed E-state index contributed by atoms with van der Waals surface area (Å²) in [6.45, 7) is 1.76. The minimum absolute atomic E-state index is 0.0239. The van der Waals surface area contributed by atoms with Crippen molar-refractivity contribution in [2.45, 2.75) is 19.4 Å². The molecule has 1 atom stereocenters. The van der Waals surface area contributed by atoms with Gasteiger partial charge in [0, 0.05) is 23.9 Å². The summed E-state index contributed by atoms with van der Waals surface area (Å²) in [5.74, 6) is -1.03. The molecule has 1 unspecified atom stereocenters. The smallest absolute Gasteiger partial charge is 0.126 e. The number of nitrogens with zero attached hydrogens (tertiary/aromatic N) is 1. The summed E-state index contributed by atoms with van der Waals surface area (Å²) < 4.78 is 26.5. The minimum atomic E-state index is -0.894. The molecule has 2 rings (SSSR count). The summed E-state index contributed by atoms with van der Waals surface area (Å²) in [5.41, 5.74) is 1.47. The molecule has 2 aromatic rings. The van der Waals surface area contributed by atoms with E-state index in [-0.39, 0.29) is 12.0 Å². The first-order valence-corrected chi connectivity index (χ1v) is 5.61. The number of aryl methyl sites for hydroxylation is 1. The van der Waals surface area contributed by atoms with E-state index in [1.54, 1.807) is 25.3 Å². The Morgan fingerprint density at radius 1 is 1.28 bits per heavy atom. The van der Waals surface area contributed by atoms with Crippen molar-refractivity contribution >= 4 is 0 Å². The van der Waals surface area contributed by atoms with Gasteiger partial charge in [-0.1, -0.05) is 6.07 Å². The molecule has 18 heavy (non-hydrogen) atoms. The molecule has 0 bridgehead atoms. The number of rotatable bonds is 3. The fraction of sp³-hybridized carbons (Fsp3) is 0.214. The van der Waals surface area contributed by atoms with Crippen LogP contribution >= 0.6 is 0 Å². The molecule has 0 aliphatic heterocycles. The van der Waals surface area contributed by atoms with Gasteiger partial charge in [-0.3, -0.25) is 4.98 Å². The van der Waals surface area contributed by atoms with Gasteiger partial charge in [0.05, 0.1) is 6.10 Å². The van der Waals surface area contributed by atoms with Crippen molar-refractivity contribution in [1.82, 2.24) is 4.98 Å². The molecule has 1 aromatic carbocycles. The summed E-state index contributed by atoms with van der Waals surface area (Å²) in [6.07, 6.45) is 0.750. The van der Waals surface area contributed by atoms with Gasteiger partial charge >= 0.3 is 0 Å². The number of aromatic nitrogens is 1. The molecule has 0 aliphatic rings. The second kappa shape index (κ2) is 5.23. The topological polar surface area (TPSA) is 33.1 Å². The quantitative estimate of drug-likeness (QED) is 0.907. The molecule has 1 heterocycles. The lowest BCUT2D eigenvalue weighted by Crippen LogP contribution is -2.06. The van der Waals surface area contributed by atoms with Crippen molar-refractivity contribution < 1.29 is 13.9 Å². The highest BCUT2D eigenvalue weighted by Gasteiger charge is 2.14. The van der Waals surface area contributed by atoms with Crippen LogP contribution in [0.1, 0.15) is 22.9 Å². The molecule has 0 spiro atoms. The summed E-state index contributed by atoms with van der Waals surface area (Å²) >= 11 is 0. The van der Waals surface area contributed by atoms with Gasteiger partial charge in [-0.05, 0) is 36.8 Å². The van der Waals surface area contributed by atoms with Crippen LogP contribution < -0.4 is 0 Å². The van der Waals surface area contributed by atoms with E-state index in [0.717, 1.165) is 18.2 Å². The Bertz CT molecular complexity index is 557. The number of pyridine rings is 1. The summed E-state index contributed by atoms with van der Waals surface area (Å²) in [5, 5.41) is 10.0. The fourth-order valence-electron chi connectivity index (χ4n) is 1.87. The lowest BCUT2D eigenvalue weighted by molar-refractivity contribution is 0.176. The monoisotopic (exact) mass is 249 g/mol. The fourth-order valence-corrected chi connectivity index (χ4v) is 1.87. The van der Waals surface area contributed by atoms with Crippen molar-refractivity contribution in [3.05, 3.63) is 65.0 Å². The minimum Gasteiger partial charge on any atom is -0.388 e. The molecular weight excluding hydrogens is 236 g/mol. The van der Waals surface area contributed by atoms with Crippen molar-refractivity contribution in [2.24, 2.45) is 0 Å². The first kappa shape index (κ1) is 12.6. The number of hydrogen-bond acceptors (Lipinski definition) is 2. The second-order valence-corrected chi connectivity index (χ2v) is 4.13.